The second-order valence-corrected chi connectivity index (χ2v) is 5.65. The van der Waals surface area contributed by atoms with Crippen molar-refractivity contribution in [3.63, 3.8) is 0 Å². The number of aromatic nitrogens is 2. The summed E-state index contributed by atoms with van der Waals surface area (Å²) in [6.07, 6.45) is 0.606. The minimum absolute atomic E-state index is 0.150. The molecule has 0 bridgehead atoms. The van der Waals surface area contributed by atoms with E-state index in [1.165, 1.54) is 5.56 Å². The fourth-order valence-corrected chi connectivity index (χ4v) is 1.83. The van der Waals surface area contributed by atoms with Crippen LogP contribution in [-0.2, 0) is 11.8 Å². The van der Waals surface area contributed by atoms with Crippen LogP contribution in [0.15, 0.2) is 28.7 Å². The van der Waals surface area contributed by atoms with Crippen LogP contribution in [0.25, 0.3) is 11.5 Å². The molecule has 0 amide bonds. The van der Waals surface area contributed by atoms with Crippen molar-refractivity contribution in [3.8, 4) is 11.5 Å². The third kappa shape index (κ3) is 2.91. The molecular weight excluding hydrogens is 248 g/mol. The highest BCUT2D eigenvalue weighted by molar-refractivity contribution is 6.17. The molecule has 2 rings (SSSR count). The summed E-state index contributed by atoms with van der Waals surface area (Å²) in [5, 5.41) is 7.97. The first-order chi connectivity index (χ1) is 8.50. The van der Waals surface area contributed by atoms with E-state index in [4.69, 9.17) is 16.0 Å². The molecule has 0 N–H and O–H groups in total. The summed E-state index contributed by atoms with van der Waals surface area (Å²) in [5.41, 5.74) is 2.38. The maximum absolute atomic E-state index is 5.63. The molecule has 96 valence electrons. The molecule has 1 aromatic carbocycles. The molecule has 0 aliphatic heterocycles. The van der Waals surface area contributed by atoms with Crippen LogP contribution in [0.1, 0.15) is 32.2 Å². The van der Waals surface area contributed by atoms with E-state index in [2.05, 4.69) is 43.1 Å². The maximum atomic E-state index is 5.63. The quantitative estimate of drug-likeness (QED) is 0.791. The number of hydrogen-bond donors (Lipinski definition) is 0. The summed E-state index contributed by atoms with van der Waals surface area (Å²) in [6, 6.07) is 8.22. The Bertz CT molecular complexity index is 511. The summed E-state index contributed by atoms with van der Waals surface area (Å²) in [4.78, 5) is 0. The SMILES string of the molecule is CC(C)(C)c1ccc(-c2nnc(CCCl)o2)cc1. The number of hydrogen-bond acceptors (Lipinski definition) is 3. The largest absolute Gasteiger partial charge is 0.421 e. The van der Waals surface area contributed by atoms with E-state index in [0.717, 1.165) is 5.56 Å². The summed E-state index contributed by atoms with van der Waals surface area (Å²) in [6.45, 7) is 6.56. The lowest BCUT2D eigenvalue weighted by molar-refractivity contribution is 0.513. The number of aryl methyl sites for hydroxylation is 1. The Hall–Kier alpha value is -1.35. The Morgan fingerprint density at radius 3 is 2.33 bits per heavy atom. The third-order valence-corrected chi connectivity index (χ3v) is 2.96. The van der Waals surface area contributed by atoms with Gasteiger partial charge in [0.05, 0.1) is 0 Å². The Morgan fingerprint density at radius 1 is 1.11 bits per heavy atom. The van der Waals surface area contributed by atoms with E-state index in [1.807, 2.05) is 12.1 Å². The Labute approximate surface area is 112 Å². The summed E-state index contributed by atoms with van der Waals surface area (Å²) in [7, 11) is 0. The second-order valence-electron chi connectivity index (χ2n) is 5.27. The molecule has 1 aromatic heterocycles. The van der Waals surface area contributed by atoms with Gasteiger partial charge in [0.1, 0.15) is 0 Å². The molecule has 0 fully saturated rings. The van der Waals surface area contributed by atoms with E-state index < -0.39 is 0 Å². The van der Waals surface area contributed by atoms with Gasteiger partial charge >= 0.3 is 0 Å². The Kier molecular flexibility index (Phi) is 3.71. The summed E-state index contributed by atoms with van der Waals surface area (Å²) >= 11 is 5.63. The minimum atomic E-state index is 0.150. The molecule has 0 spiro atoms. The van der Waals surface area contributed by atoms with E-state index in [1.54, 1.807) is 0 Å². The number of nitrogens with zero attached hydrogens (tertiary/aromatic N) is 2. The summed E-state index contributed by atoms with van der Waals surface area (Å²) < 4.78 is 5.53. The third-order valence-electron chi connectivity index (χ3n) is 2.77. The number of benzene rings is 1. The van der Waals surface area contributed by atoms with Crippen molar-refractivity contribution in [2.24, 2.45) is 0 Å². The molecule has 18 heavy (non-hydrogen) atoms. The first-order valence-corrected chi connectivity index (χ1v) is 6.53. The molecule has 0 radical (unpaired) electrons. The highest BCUT2D eigenvalue weighted by atomic mass is 35.5. The zero-order valence-corrected chi connectivity index (χ0v) is 11.7. The highest BCUT2D eigenvalue weighted by Gasteiger charge is 2.14. The van der Waals surface area contributed by atoms with Crippen molar-refractivity contribution in [2.45, 2.75) is 32.6 Å². The maximum Gasteiger partial charge on any atom is 0.247 e. The van der Waals surface area contributed by atoms with Crippen molar-refractivity contribution in [3.05, 3.63) is 35.7 Å². The monoisotopic (exact) mass is 264 g/mol. The molecule has 0 saturated heterocycles. The molecule has 0 aliphatic rings. The van der Waals surface area contributed by atoms with Crippen molar-refractivity contribution >= 4 is 11.6 Å². The lowest BCUT2D eigenvalue weighted by Crippen LogP contribution is -2.10. The van der Waals surface area contributed by atoms with Crippen molar-refractivity contribution in [1.82, 2.24) is 10.2 Å². The van der Waals surface area contributed by atoms with Crippen LogP contribution in [0, 0.1) is 0 Å². The minimum Gasteiger partial charge on any atom is -0.421 e. The van der Waals surface area contributed by atoms with Gasteiger partial charge in [0, 0.05) is 17.9 Å². The van der Waals surface area contributed by atoms with Crippen LogP contribution in [0.4, 0.5) is 0 Å². The van der Waals surface area contributed by atoms with Gasteiger partial charge in [0.25, 0.3) is 0 Å². The van der Waals surface area contributed by atoms with Crippen LogP contribution in [0.5, 0.6) is 0 Å². The van der Waals surface area contributed by atoms with E-state index in [-0.39, 0.29) is 5.41 Å². The lowest BCUT2D eigenvalue weighted by atomic mass is 9.87. The first kappa shape index (κ1) is 13.1. The molecule has 0 unspecified atom stereocenters. The van der Waals surface area contributed by atoms with Gasteiger partial charge in [-0.2, -0.15) is 0 Å². The van der Waals surface area contributed by atoms with Gasteiger partial charge in [0.15, 0.2) is 0 Å². The fourth-order valence-electron chi connectivity index (χ4n) is 1.66. The lowest BCUT2D eigenvalue weighted by Gasteiger charge is -2.18. The normalized spacial score (nSPS) is 11.8. The predicted octanol–water partition coefficient (Wildman–Crippen LogP) is 3.82. The van der Waals surface area contributed by atoms with Crippen LogP contribution in [-0.4, -0.2) is 16.1 Å². The van der Waals surface area contributed by atoms with Crippen LogP contribution >= 0.6 is 11.6 Å². The van der Waals surface area contributed by atoms with E-state index in [0.29, 0.717) is 24.1 Å². The molecular formula is C14H17ClN2O. The second kappa shape index (κ2) is 5.11. The number of halogens is 1. The Morgan fingerprint density at radius 2 is 1.78 bits per heavy atom. The first-order valence-electron chi connectivity index (χ1n) is 6.00. The topological polar surface area (TPSA) is 38.9 Å². The standard InChI is InChI=1S/C14H17ClN2O/c1-14(2,3)11-6-4-10(5-7-11)13-17-16-12(18-13)8-9-15/h4-7H,8-9H2,1-3H3. The Balaban J connectivity index is 2.23. The average molecular weight is 265 g/mol. The molecule has 0 aliphatic carbocycles. The zero-order chi connectivity index (χ0) is 13.2. The highest BCUT2D eigenvalue weighted by Crippen LogP contribution is 2.25. The van der Waals surface area contributed by atoms with Gasteiger partial charge in [-0.3, -0.25) is 0 Å². The molecule has 1 heterocycles. The zero-order valence-electron chi connectivity index (χ0n) is 10.9. The van der Waals surface area contributed by atoms with Gasteiger partial charge in [-0.1, -0.05) is 32.9 Å². The van der Waals surface area contributed by atoms with Gasteiger partial charge in [-0.15, -0.1) is 21.8 Å². The van der Waals surface area contributed by atoms with Gasteiger partial charge in [0.2, 0.25) is 11.8 Å². The molecule has 0 saturated carbocycles. The fraction of sp³-hybridized carbons (Fsp3) is 0.429. The van der Waals surface area contributed by atoms with E-state index in [9.17, 15) is 0 Å². The van der Waals surface area contributed by atoms with Crippen LogP contribution < -0.4 is 0 Å². The predicted molar refractivity (Wildman–Crippen MR) is 72.9 cm³/mol. The number of alkyl halides is 1. The van der Waals surface area contributed by atoms with Crippen molar-refractivity contribution < 1.29 is 4.42 Å². The molecule has 4 heteroatoms. The van der Waals surface area contributed by atoms with Gasteiger partial charge in [-0.25, -0.2) is 0 Å². The summed E-state index contributed by atoms with van der Waals surface area (Å²) in [5.74, 6) is 1.63. The van der Waals surface area contributed by atoms with Crippen LogP contribution in [0.3, 0.4) is 0 Å². The molecule has 0 atom stereocenters. The molecule has 3 nitrogen and oxygen atoms in total. The average Bonchev–Trinajstić information content (AvgIpc) is 2.77. The van der Waals surface area contributed by atoms with E-state index >= 15 is 0 Å². The van der Waals surface area contributed by atoms with Crippen molar-refractivity contribution in [2.75, 3.05) is 5.88 Å². The van der Waals surface area contributed by atoms with Crippen LogP contribution in [0.2, 0.25) is 0 Å². The number of rotatable bonds is 3. The van der Waals surface area contributed by atoms with Gasteiger partial charge in [-0.05, 0) is 23.1 Å². The smallest absolute Gasteiger partial charge is 0.247 e. The molecule has 2 aromatic rings. The van der Waals surface area contributed by atoms with Gasteiger partial charge < -0.3 is 4.42 Å². The van der Waals surface area contributed by atoms with Crippen molar-refractivity contribution in [1.29, 1.82) is 0 Å².